The van der Waals surface area contributed by atoms with E-state index >= 15 is 0 Å². The average molecular weight is 235 g/mol. The molecule has 2 aromatic heterocycles. The summed E-state index contributed by atoms with van der Waals surface area (Å²) >= 11 is 0. The van der Waals surface area contributed by atoms with Crippen molar-refractivity contribution >= 4 is 16.7 Å². The lowest BCUT2D eigenvalue weighted by Gasteiger charge is -2.02. The van der Waals surface area contributed by atoms with Crippen LogP contribution in [0.3, 0.4) is 0 Å². The molecule has 3 aromatic rings. The molecule has 3 rings (SSSR count). The summed E-state index contributed by atoms with van der Waals surface area (Å²) in [5, 5.41) is 8.31. The number of fused-ring (bicyclic) bond motifs is 1. The van der Waals surface area contributed by atoms with E-state index in [1.807, 2.05) is 30.3 Å². The molecule has 0 fully saturated rings. The number of ketones is 1. The minimum absolute atomic E-state index is 0.0943. The van der Waals surface area contributed by atoms with Gasteiger partial charge in [0.1, 0.15) is 0 Å². The molecule has 1 aromatic carbocycles. The van der Waals surface area contributed by atoms with Gasteiger partial charge in [-0.15, -0.1) is 0 Å². The van der Waals surface area contributed by atoms with E-state index in [1.54, 1.807) is 12.3 Å². The first-order valence-corrected chi connectivity index (χ1v) is 5.51. The van der Waals surface area contributed by atoms with E-state index in [9.17, 15) is 4.79 Å². The van der Waals surface area contributed by atoms with E-state index in [1.165, 1.54) is 12.4 Å². The van der Waals surface area contributed by atoms with Crippen LogP contribution < -0.4 is 0 Å². The SMILES string of the molecule is O=C(c1ccnnc1)c1cnc2ccccc2c1. The van der Waals surface area contributed by atoms with Crippen LogP contribution in [-0.2, 0) is 0 Å². The lowest BCUT2D eigenvalue weighted by atomic mass is 10.1. The van der Waals surface area contributed by atoms with Crippen LogP contribution in [0.15, 0.2) is 55.0 Å². The summed E-state index contributed by atoms with van der Waals surface area (Å²) < 4.78 is 0. The summed E-state index contributed by atoms with van der Waals surface area (Å²) in [6.45, 7) is 0. The van der Waals surface area contributed by atoms with Crippen LogP contribution in [0.5, 0.6) is 0 Å². The molecule has 0 bridgehead atoms. The number of rotatable bonds is 2. The number of para-hydroxylation sites is 1. The van der Waals surface area contributed by atoms with Crippen molar-refractivity contribution in [2.24, 2.45) is 0 Å². The number of nitrogens with zero attached hydrogens (tertiary/aromatic N) is 3. The Morgan fingerprint density at radius 1 is 0.944 bits per heavy atom. The fraction of sp³-hybridized carbons (Fsp3) is 0. The molecule has 0 radical (unpaired) electrons. The monoisotopic (exact) mass is 235 g/mol. The molecule has 86 valence electrons. The van der Waals surface area contributed by atoms with Gasteiger partial charge in [-0.1, -0.05) is 18.2 Å². The van der Waals surface area contributed by atoms with Crippen LogP contribution in [0.1, 0.15) is 15.9 Å². The zero-order valence-corrected chi connectivity index (χ0v) is 9.45. The normalized spacial score (nSPS) is 10.4. The van der Waals surface area contributed by atoms with Crippen molar-refractivity contribution in [3.63, 3.8) is 0 Å². The third kappa shape index (κ3) is 1.84. The van der Waals surface area contributed by atoms with Crippen LogP contribution in [0, 0.1) is 0 Å². The highest BCUT2D eigenvalue weighted by molar-refractivity contribution is 6.09. The summed E-state index contributed by atoms with van der Waals surface area (Å²) in [7, 11) is 0. The lowest BCUT2D eigenvalue weighted by molar-refractivity contribution is 0.103. The minimum Gasteiger partial charge on any atom is -0.288 e. The summed E-state index contributed by atoms with van der Waals surface area (Å²) in [4.78, 5) is 16.5. The fourth-order valence-electron chi connectivity index (χ4n) is 1.79. The quantitative estimate of drug-likeness (QED) is 0.639. The topological polar surface area (TPSA) is 55.7 Å². The number of benzene rings is 1. The van der Waals surface area contributed by atoms with Crippen molar-refractivity contribution in [1.82, 2.24) is 15.2 Å². The third-order valence-electron chi connectivity index (χ3n) is 2.70. The Labute approximate surface area is 103 Å². The second kappa shape index (κ2) is 4.33. The highest BCUT2D eigenvalue weighted by atomic mass is 16.1. The van der Waals surface area contributed by atoms with E-state index < -0.39 is 0 Å². The van der Waals surface area contributed by atoms with Gasteiger partial charge in [0.2, 0.25) is 0 Å². The summed E-state index contributed by atoms with van der Waals surface area (Å²) in [5.41, 5.74) is 1.95. The summed E-state index contributed by atoms with van der Waals surface area (Å²) in [6, 6.07) is 11.2. The number of carbonyl (C=O) groups excluding carboxylic acids is 1. The van der Waals surface area contributed by atoms with Crippen molar-refractivity contribution in [3.05, 3.63) is 66.1 Å². The molecule has 0 atom stereocenters. The van der Waals surface area contributed by atoms with Gasteiger partial charge in [-0.25, -0.2) is 0 Å². The maximum Gasteiger partial charge on any atom is 0.196 e. The Morgan fingerprint density at radius 3 is 2.67 bits per heavy atom. The zero-order chi connectivity index (χ0) is 12.4. The molecule has 4 nitrogen and oxygen atoms in total. The largest absolute Gasteiger partial charge is 0.288 e. The van der Waals surface area contributed by atoms with Gasteiger partial charge in [-0.2, -0.15) is 10.2 Å². The van der Waals surface area contributed by atoms with E-state index in [-0.39, 0.29) is 5.78 Å². The van der Waals surface area contributed by atoms with Crippen LogP contribution in [0.4, 0.5) is 0 Å². The van der Waals surface area contributed by atoms with Gasteiger partial charge in [0, 0.05) is 22.7 Å². The standard InChI is InChI=1S/C14H9N3O/c18-14(11-5-6-16-17-9-11)12-7-10-3-1-2-4-13(10)15-8-12/h1-9H. The fourth-order valence-corrected chi connectivity index (χ4v) is 1.79. The molecule has 0 unspecified atom stereocenters. The van der Waals surface area contributed by atoms with Gasteiger partial charge in [-0.05, 0) is 18.2 Å². The van der Waals surface area contributed by atoms with Gasteiger partial charge in [0.15, 0.2) is 5.78 Å². The molecule has 0 saturated heterocycles. The zero-order valence-electron chi connectivity index (χ0n) is 9.45. The molecule has 0 aliphatic heterocycles. The van der Waals surface area contributed by atoms with E-state index in [2.05, 4.69) is 15.2 Å². The van der Waals surface area contributed by atoms with Crippen molar-refractivity contribution < 1.29 is 4.79 Å². The van der Waals surface area contributed by atoms with Crippen molar-refractivity contribution in [2.75, 3.05) is 0 Å². The predicted molar refractivity (Wildman–Crippen MR) is 67.2 cm³/mol. The molecule has 0 N–H and O–H groups in total. The van der Waals surface area contributed by atoms with Gasteiger partial charge < -0.3 is 0 Å². The van der Waals surface area contributed by atoms with Crippen LogP contribution in [-0.4, -0.2) is 21.0 Å². The first kappa shape index (κ1) is 10.5. The second-order valence-electron chi connectivity index (χ2n) is 3.88. The Morgan fingerprint density at radius 2 is 1.83 bits per heavy atom. The number of pyridine rings is 1. The smallest absolute Gasteiger partial charge is 0.196 e. The van der Waals surface area contributed by atoms with Gasteiger partial charge in [0.05, 0.1) is 17.9 Å². The maximum atomic E-state index is 12.2. The van der Waals surface area contributed by atoms with Crippen molar-refractivity contribution in [2.45, 2.75) is 0 Å². The Hall–Kier alpha value is -2.62. The molecule has 0 aliphatic rings. The van der Waals surface area contributed by atoms with Gasteiger partial charge >= 0.3 is 0 Å². The van der Waals surface area contributed by atoms with Crippen LogP contribution >= 0.6 is 0 Å². The van der Waals surface area contributed by atoms with E-state index in [0.29, 0.717) is 11.1 Å². The molecular formula is C14H9N3O. The van der Waals surface area contributed by atoms with Crippen molar-refractivity contribution in [3.8, 4) is 0 Å². The highest BCUT2D eigenvalue weighted by Crippen LogP contribution is 2.15. The molecule has 2 heterocycles. The lowest BCUT2D eigenvalue weighted by Crippen LogP contribution is -2.02. The average Bonchev–Trinajstić information content (AvgIpc) is 2.47. The Balaban J connectivity index is 2.07. The predicted octanol–water partition coefficient (Wildman–Crippen LogP) is 2.26. The molecule has 0 spiro atoms. The van der Waals surface area contributed by atoms with E-state index in [4.69, 9.17) is 0 Å². The number of hydrogen-bond acceptors (Lipinski definition) is 4. The third-order valence-corrected chi connectivity index (χ3v) is 2.70. The van der Waals surface area contributed by atoms with Gasteiger partial charge in [-0.3, -0.25) is 9.78 Å². The number of carbonyl (C=O) groups is 1. The number of aromatic nitrogens is 3. The van der Waals surface area contributed by atoms with Crippen LogP contribution in [0.25, 0.3) is 10.9 Å². The first-order valence-electron chi connectivity index (χ1n) is 5.51. The molecule has 0 aliphatic carbocycles. The van der Waals surface area contributed by atoms with Gasteiger partial charge in [0.25, 0.3) is 0 Å². The molecule has 4 heteroatoms. The number of hydrogen-bond donors (Lipinski definition) is 0. The van der Waals surface area contributed by atoms with Crippen molar-refractivity contribution in [1.29, 1.82) is 0 Å². The summed E-state index contributed by atoms with van der Waals surface area (Å²) in [5.74, 6) is -0.0943. The molecular weight excluding hydrogens is 226 g/mol. The first-order chi connectivity index (χ1) is 8.84. The maximum absolute atomic E-state index is 12.2. The van der Waals surface area contributed by atoms with E-state index in [0.717, 1.165) is 10.9 Å². The second-order valence-corrected chi connectivity index (χ2v) is 3.88. The summed E-state index contributed by atoms with van der Waals surface area (Å²) in [6.07, 6.45) is 4.55. The Bertz CT molecular complexity index is 710. The van der Waals surface area contributed by atoms with Crippen LogP contribution in [0.2, 0.25) is 0 Å². The highest BCUT2D eigenvalue weighted by Gasteiger charge is 2.10. The molecule has 0 amide bonds. The molecule has 0 saturated carbocycles. The molecule has 18 heavy (non-hydrogen) atoms. The minimum atomic E-state index is -0.0943. The Kier molecular flexibility index (Phi) is 2.53.